The van der Waals surface area contributed by atoms with Crippen LogP contribution < -0.4 is 0 Å². The number of benzene rings is 2. The van der Waals surface area contributed by atoms with Gasteiger partial charge in [0.05, 0.1) is 17.5 Å². The third-order valence-electron chi connectivity index (χ3n) is 6.83. The van der Waals surface area contributed by atoms with Crippen LogP contribution in [0.25, 0.3) is 10.9 Å². The zero-order chi connectivity index (χ0) is 23.8. The van der Waals surface area contributed by atoms with Crippen molar-refractivity contribution in [3.63, 3.8) is 0 Å². The van der Waals surface area contributed by atoms with Gasteiger partial charge in [-0.1, -0.05) is 30.3 Å². The van der Waals surface area contributed by atoms with E-state index in [0.29, 0.717) is 24.9 Å². The first-order valence-electron chi connectivity index (χ1n) is 11.5. The fraction of sp³-hybridized carbons (Fsp3) is 0.360. The monoisotopic (exact) mass is 462 g/mol. The molecule has 9 heteroatoms. The van der Waals surface area contributed by atoms with Crippen molar-refractivity contribution >= 4 is 28.4 Å². The molecule has 176 valence electrons. The zero-order valence-corrected chi connectivity index (χ0v) is 18.6. The minimum atomic E-state index is -0.671. The molecule has 2 aliphatic rings. The summed E-state index contributed by atoms with van der Waals surface area (Å²) < 4.78 is 0. The van der Waals surface area contributed by atoms with Crippen molar-refractivity contribution in [1.82, 2.24) is 14.8 Å². The third kappa shape index (κ3) is 3.71. The lowest BCUT2D eigenvalue weighted by molar-refractivity contribution is -0.384. The Morgan fingerprint density at radius 1 is 1.09 bits per heavy atom. The zero-order valence-electron chi connectivity index (χ0n) is 18.6. The molecule has 0 saturated carbocycles. The molecular weight excluding hydrogens is 436 g/mol. The second-order valence-electron chi connectivity index (χ2n) is 8.88. The van der Waals surface area contributed by atoms with E-state index in [1.165, 1.54) is 12.1 Å². The number of rotatable bonds is 7. The number of aromatic nitrogens is 1. The molecule has 2 amide bonds. The Morgan fingerprint density at radius 3 is 2.71 bits per heavy atom. The number of aromatic amines is 1. The van der Waals surface area contributed by atoms with Gasteiger partial charge in [0, 0.05) is 48.3 Å². The second kappa shape index (κ2) is 8.90. The maximum Gasteiger partial charge on any atom is 0.269 e. The lowest BCUT2D eigenvalue weighted by Crippen LogP contribution is -2.63. The number of aliphatic hydroxyl groups excluding tert-OH is 1. The van der Waals surface area contributed by atoms with E-state index in [-0.39, 0.29) is 30.7 Å². The molecule has 2 aromatic carbocycles. The lowest BCUT2D eigenvalue weighted by Gasteiger charge is -2.47. The molecule has 5 rings (SSSR count). The summed E-state index contributed by atoms with van der Waals surface area (Å²) in [5, 5.41) is 21.5. The number of para-hydroxylation sites is 1. The summed E-state index contributed by atoms with van der Waals surface area (Å²) in [6.45, 7) is 0.560. The van der Waals surface area contributed by atoms with E-state index >= 15 is 0 Å². The summed E-state index contributed by atoms with van der Waals surface area (Å²) in [6, 6.07) is 12.8. The van der Waals surface area contributed by atoms with Crippen LogP contribution in [0.5, 0.6) is 0 Å². The minimum absolute atomic E-state index is 0.0184. The van der Waals surface area contributed by atoms with Gasteiger partial charge in [0.25, 0.3) is 5.69 Å². The lowest BCUT2D eigenvalue weighted by atomic mass is 9.86. The Bertz CT molecular complexity index is 1270. The highest BCUT2D eigenvalue weighted by atomic mass is 16.6. The van der Waals surface area contributed by atoms with Crippen LogP contribution in [0.1, 0.15) is 42.1 Å². The Hall–Kier alpha value is -3.72. The summed E-state index contributed by atoms with van der Waals surface area (Å²) in [5.74, 6) is -0.275. The number of amides is 2. The van der Waals surface area contributed by atoms with Crippen molar-refractivity contribution in [2.75, 3.05) is 19.7 Å². The maximum atomic E-state index is 13.6. The van der Waals surface area contributed by atoms with Crippen LogP contribution in [0, 0.1) is 10.1 Å². The van der Waals surface area contributed by atoms with Crippen LogP contribution in [0.15, 0.2) is 48.5 Å². The summed E-state index contributed by atoms with van der Waals surface area (Å²) in [4.78, 5) is 44.7. The Morgan fingerprint density at radius 2 is 1.91 bits per heavy atom. The fourth-order valence-electron chi connectivity index (χ4n) is 5.26. The van der Waals surface area contributed by atoms with Crippen LogP contribution in [-0.2, 0) is 16.0 Å². The molecule has 9 nitrogen and oxygen atoms in total. The summed E-state index contributed by atoms with van der Waals surface area (Å²) in [5.41, 5.74) is 3.22. The number of carbonyl (C=O) groups is 2. The number of H-pyrrole nitrogens is 1. The largest absolute Gasteiger partial charge is 0.396 e. The SMILES string of the molecule is O=C1[C@@H]2Cc3c([nH]c4ccccc34)C(c3cccc([N+](=O)[O-])c3)N2C(=O)CN1CCCCCO. The Labute approximate surface area is 196 Å². The number of hydrogen-bond donors (Lipinski definition) is 2. The summed E-state index contributed by atoms with van der Waals surface area (Å²) >= 11 is 0. The van der Waals surface area contributed by atoms with Crippen molar-refractivity contribution in [2.24, 2.45) is 0 Å². The molecule has 1 fully saturated rings. The van der Waals surface area contributed by atoms with E-state index in [9.17, 15) is 19.7 Å². The molecule has 0 radical (unpaired) electrons. The minimum Gasteiger partial charge on any atom is -0.396 e. The first-order valence-corrected chi connectivity index (χ1v) is 11.5. The van der Waals surface area contributed by atoms with Gasteiger partial charge < -0.3 is 19.9 Å². The van der Waals surface area contributed by atoms with Gasteiger partial charge in [-0.05, 0) is 36.5 Å². The molecule has 2 aliphatic heterocycles. The van der Waals surface area contributed by atoms with E-state index in [4.69, 9.17) is 5.11 Å². The van der Waals surface area contributed by atoms with Crippen LogP contribution >= 0.6 is 0 Å². The standard InChI is InChI=1S/C25H26N4O5/c30-12-5-1-4-11-27-15-22(31)28-21(25(27)32)14-19-18-9-2-3-10-20(18)26-23(19)24(28)16-7-6-8-17(13-16)29(33)34/h2-3,6-10,13,21,24,26,30H,1,4-5,11-12,14-15H2/t21-,24?/m0/s1. The molecule has 34 heavy (non-hydrogen) atoms. The van der Waals surface area contributed by atoms with Gasteiger partial charge in [-0.2, -0.15) is 0 Å². The van der Waals surface area contributed by atoms with Gasteiger partial charge in [0.2, 0.25) is 11.8 Å². The van der Waals surface area contributed by atoms with E-state index in [2.05, 4.69) is 4.98 Å². The average molecular weight is 463 g/mol. The molecule has 2 atom stereocenters. The molecule has 1 unspecified atom stereocenters. The summed E-state index contributed by atoms with van der Waals surface area (Å²) in [7, 11) is 0. The van der Waals surface area contributed by atoms with Gasteiger partial charge in [-0.15, -0.1) is 0 Å². The fourth-order valence-corrected chi connectivity index (χ4v) is 5.26. The van der Waals surface area contributed by atoms with Crippen LogP contribution in [0.4, 0.5) is 5.69 Å². The maximum absolute atomic E-state index is 13.6. The van der Waals surface area contributed by atoms with Gasteiger partial charge in [-0.25, -0.2) is 0 Å². The van der Waals surface area contributed by atoms with Crippen LogP contribution in [0.3, 0.4) is 0 Å². The number of hydrogen-bond acceptors (Lipinski definition) is 5. The first kappa shape index (κ1) is 22.1. The highest BCUT2D eigenvalue weighted by molar-refractivity contribution is 5.97. The van der Waals surface area contributed by atoms with Crippen molar-refractivity contribution < 1.29 is 19.6 Å². The van der Waals surface area contributed by atoms with E-state index in [1.807, 2.05) is 24.3 Å². The molecule has 3 aromatic rings. The average Bonchev–Trinajstić information content (AvgIpc) is 3.22. The molecule has 0 aliphatic carbocycles. The molecular formula is C25H26N4O5. The number of nitrogens with zero attached hydrogens (tertiary/aromatic N) is 3. The number of nitrogens with one attached hydrogen (secondary N) is 1. The number of nitro benzene ring substituents is 1. The predicted molar refractivity (Wildman–Crippen MR) is 125 cm³/mol. The number of fused-ring (bicyclic) bond motifs is 4. The Balaban J connectivity index is 1.59. The van der Waals surface area contributed by atoms with Gasteiger partial charge >= 0.3 is 0 Å². The van der Waals surface area contributed by atoms with Crippen molar-refractivity contribution in [3.8, 4) is 0 Å². The van der Waals surface area contributed by atoms with Crippen LogP contribution in [0.2, 0.25) is 0 Å². The molecule has 0 bridgehead atoms. The predicted octanol–water partition coefficient (Wildman–Crippen LogP) is 2.92. The summed E-state index contributed by atoms with van der Waals surface area (Å²) in [6.07, 6.45) is 2.56. The third-order valence-corrected chi connectivity index (χ3v) is 6.83. The van der Waals surface area contributed by atoms with E-state index in [0.717, 1.165) is 35.0 Å². The number of nitro groups is 1. The van der Waals surface area contributed by atoms with Gasteiger partial charge in [0.15, 0.2) is 0 Å². The van der Waals surface area contributed by atoms with Crippen molar-refractivity contribution in [1.29, 1.82) is 0 Å². The highest BCUT2D eigenvalue weighted by Crippen LogP contribution is 2.43. The van der Waals surface area contributed by atoms with E-state index in [1.54, 1.807) is 21.9 Å². The number of carbonyl (C=O) groups excluding carboxylic acids is 2. The molecule has 2 N–H and O–H groups in total. The Kier molecular flexibility index (Phi) is 5.79. The number of unbranched alkanes of at least 4 members (excludes halogenated alkanes) is 2. The molecule has 3 heterocycles. The van der Waals surface area contributed by atoms with E-state index < -0.39 is 17.0 Å². The topological polar surface area (TPSA) is 120 Å². The van der Waals surface area contributed by atoms with Crippen LogP contribution in [-0.4, -0.2) is 62.4 Å². The second-order valence-corrected chi connectivity index (χ2v) is 8.88. The normalized spacial score (nSPS) is 19.9. The smallest absolute Gasteiger partial charge is 0.269 e. The first-order chi connectivity index (χ1) is 16.5. The number of non-ortho nitro benzene ring substituents is 1. The molecule has 1 saturated heterocycles. The molecule has 0 spiro atoms. The van der Waals surface area contributed by atoms with Gasteiger partial charge in [-0.3, -0.25) is 19.7 Å². The van der Waals surface area contributed by atoms with Gasteiger partial charge in [0.1, 0.15) is 6.04 Å². The van der Waals surface area contributed by atoms with Crippen molar-refractivity contribution in [3.05, 3.63) is 75.5 Å². The van der Waals surface area contributed by atoms with Crippen molar-refractivity contribution in [2.45, 2.75) is 37.8 Å². The molecule has 1 aromatic heterocycles. The highest BCUT2D eigenvalue weighted by Gasteiger charge is 2.48. The number of aliphatic hydroxyl groups is 1. The number of piperazine rings is 1. The quantitative estimate of drug-likeness (QED) is 0.318.